The summed E-state index contributed by atoms with van der Waals surface area (Å²) in [6, 6.07) is 32.5. The van der Waals surface area contributed by atoms with Crippen LogP contribution in [0, 0.1) is 0 Å². The van der Waals surface area contributed by atoms with Crippen LogP contribution in [0.25, 0.3) is 11.1 Å². The van der Waals surface area contributed by atoms with E-state index in [9.17, 15) is 0 Å². The zero-order valence-corrected chi connectivity index (χ0v) is 16.6. The maximum Gasteiger partial charge on any atom is 0.120 e. The van der Waals surface area contributed by atoms with Crippen molar-refractivity contribution in [3.05, 3.63) is 119 Å². The maximum absolute atomic E-state index is 6.60. The molecule has 30 heavy (non-hydrogen) atoms. The first-order chi connectivity index (χ1) is 14.8. The lowest BCUT2D eigenvalue weighted by Crippen LogP contribution is -2.08. The molecule has 4 aromatic carbocycles. The number of benzene rings is 4. The van der Waals surface area contributed by atoms with Gasteiger partial charge < -0.3 is 15.2 Å². The van der Waals surface area contributed by atoms with Crippen molar-refractivity contribution in [3.63, 3.8) is 0 Å². The maximum atomic E-state index is 6.60. The van der Waals surface area contributed by atoms with Gasteiger partial charge in [0.2, 0.25) is 0 Å². The van der Waals surface area contributed by atoms with Gasteiger partial charge in [-0.05, 0) is 57.6 Å². The lowest BCUT2D eigenvalue weighted by Gasteiger charge is -2.11. The van der Waals surface area contributed by atoms with Crippen molar-refractivity contribution in [2.24, 2.45) is 5.73 Å². The fourth-order valence-corrected chi connectivity index (χ4v) is 3.92. The number of rotatable bonds is 6. The lowest BCUT2D eigenvalue weighted by molar-refractivity contribution is 0.305. The Balaban J connectivity index is 1.33. The molecule has 0 amide bonds. The zero-order chi connectivity index (χ0) is 20.3. The fourth-order valence-electron chi connectivity index (χ4n) is 3.92. The summed E-state index contributed by atoms with van der Waals surface area (Å²) < 4.78 is 12.0. The van der Waals surface area contributed by atoms with Gasteiger partial charge >= 0.3 is 0 Å². The summed E-state index contributed by atoms with van der Waals surface area (Å²) in [5.41, 5.74) is 13.4. The minimum atomic E-state index is -0.185. The molecule has 0 unspecified atom stereocenters. The highest BCUT2D eigenvalue weighted by Crippen LogP contribution is 2.44. The van der Waals surface area contributed by atoms with Crippen LogP contribution in [0.2, 0.25) is 0 Å². The van der Waals surface area contributed by atoms with Gasteiger partial charge in [0.15, 0.2) is 0 Å². The van der Waals surface area contributed by atoms with E-state index in [0.717, 1.165) is 33.8 Å². The lowest BCUT2D eigenvalue weighted by atomic mass is 10.1. The first kappa shape index (κ1) is 18.5. The van der Waals surface area contributed by atoms with Gasteiger partial charge in [0.25, 0.3) is 0 Å². The van der Waals surface area contributed by atoms with Crippen LogP contribution in [0.5, 0.6) is 11.5 Å². The fraction of sp³-hybridized carbons (Fsp3) is 0.111. The molecular weight excluding hydrogens is 370 g/mol. The molecular formula is C27H23NO2. The van der Waals surface area contributed by atoms with Crippen LogP contribution in [0.3, 0.4) is 0 Å². The van der Waals surface area contributed by atoms with Gasteiger partial charge in [0, 0.05) is 0 Å². The Morgan fingerprint density at radius 3 is 1.43 bits per heavy atom. The van der Waals surface area contributed by atoms with E-state index in [2.05, 4.69) is 48.5 Å². The van der Waals surface area contributed by atoms with E-state index < -0.39 is 0 Å². The Morgan fingerprint density at radius 1 is 0.567 bits per heavy atom. The summed E-state index contributed by atoms with van der Waals surface area (Å²) in [5, 5.41) is 0. The molecule has 148 valence electrons. The highest BCUT2D eigenvalue weighted by molar-refractivity contribution is 5.80. The monoisotopic (exact) mass is 393 g/mol. The molecule has 0 spiro atoms. The van der Waals surface area contributed by atoms with E-state index in [1.54, 1.807) is 0 Å². The number of fused-ring (bicyclic) bond motifs is 3. The molecule has 3 heteroatoms. The topological polar surface area (TPSA) is 44.5 Å². The third kappa shape index (κ3) is 3.68. The van der Waals surface area contributed by atoms with Crippen LogP contribution in [-0.4, -0.2) is 0 Å². The van der Waals surface area contributed by atoms with Crippen LogP contribution in [-0.2, 0) is 13.2 Å². The summed E-state index contributed by atoms with van der Waals surface area (Å²) >= 11 is 0. The van der Waals surface area contributed by atoms with Crippen LogP contribution in [0.15, 0.2) is 97.1 Å². The van der Waals surface area contributed by atoms with Gasteiger partial charge in [-0.2, -0.15) is 0 Å². The molecule has 0 radical (unpaired) electrons. The average molecular weight is 393 g/mol. The Morgan fingerprint density at radius 2 is 1.00 bits per heavy atom. The minimum absolute atomic E-state index is 0.185. The average Bonchev–Trinajstić information content (AvgIpc) is 3.09. The molecule has 0 fully saturated rings. The summed E-state index contributed by atoms with van der Waals surface area (Å²) in [6.07, 6.45) is 0. The van der Waals surface area contributed by atoms with E-state index in [4.69, 9.17) is 15.2 Å². The van der Waals surface area contributed by atoms with Gasteiger partial charge in [-0.3, -0.25) is 0 Å². The largest absolute Gasteiger partial charge is 0.489 e. The summed E-state index contributed by atoms with van der Waals surface area (Å²) in [6.45, 7) is 1.08. The zero-order valence-electron chi connectivity index (χ0n) is 16.6. The Labute approximate surface area is 176 Å². The molecule has 0 aliphatic heterocycles. The van der Waals surface area contributed by atoms with E-state index in [1.807, 2.05) is 48.5 Å². The summed E-state index contributed by atoms with van der Waals surface area (Å²) in [5.74, 6) is 1.67. The molecule has 0 atom stereocenters. The molecule has 3 nitrogen and oxygen atoms in total. The number of hydrogen-bond donors (Lipinski definition) is 1. The molecule has 5 rings (SSSR count). The minimum Gasteiger partial charge on any atom is -0.489 e. The SMILES string of the molecule is NC1c2cc(OCc3ccccc3)ccc2-c2ccc(OCc3ccccc3)cc21. The molecule has 0 heterocycles. The van der Waals surface area contributed by atoms with Crippen LogP contribution >= 0.6 is 0 Å². The Kier molecular flexibility index (Phi) is 4.96. The van der Waals surface area contributed by atoms with Gasteiger partial charge in [0.1, 0.15) is 24.7 Å². The van der Waals surface area contributed by atoms with E-state index in [1.165, 1.54) is 11.1 Å². The van der Waals surface area contributed by atoms with Gasteiger partial charge in [-0.25, -0.2) is 0 Å². The second-order valence-corrected chi connectivity index (χ2v) is 7.52. The van der Waals surface area contributed by atoms with Crippen molar-refractivity contribution in [2.75, 3.05) is 0 Å². The highest BCUT2D eigenvalue weighted by Gasteiger charge is 2.27. The molecule has 2 N–H and O–H groups in total. The van der Waals surface area contributed by atoms with E-state index in [0.29, 0.717) is 13.2 Å². The predicted octanol–water partition coefficient (Wildman–Crippen LogP) is 5.87. The number of ether oxygens (including phenoxy) is 2. The predicted molar refractivity (Wildman–Crippen MR) is 119 cm³/mol. The molecule has 1 aliphatic carbocycles. The summed E-state index contributed by atoms with van der Waals surface area (Å²) in [4.78, 5) is 0. The molecule has 0 bridgehead atoms. The molecule has 0 saturated heterocycles. The van der Waals surface area contributed by atoms with Crippen molar-refractivity contribution in [2.45, 2.75) is 19.3 Å². The van der Waals surface area contributed by atoms with Gasteiger partial charge in [-0.15, -0.1) is 0 Å². The van der Waals surface area contributed by atoms with E-state index in [-0.39, 0.29) is 6.04 Å². The third-order valence-electron chi connectivity index (χ3n) is 5.50. The smallest absolute Gasteiger partial charge is 0.120 e. The Hall–Kier alpha value is -3.56. The second-order valence-electron chi connectivity index (χ2n) is 7.52. The molecule has 0 saturated carbocycles. The Bertz CT molecular complexity index is 1060. The highest BCUT2D eigenvalue weighted by atomic mass is 16.5. The second kappa shape index (κ2) is 8.05. The van der Waals surface area contributed by atoms with Crippen molar-refractivity contribution < 1.29 is 9.47 Å². The van der Waals surface area contributed by atoms with Crippen LogP contribution in [0.1, 0.15) is 28.3 Å². The van der Waals surface area contributed by atoms with Gasteiger partial charge in [0.05, 0.1) is 6.04 Å². The number of nitrogens with two attached hydrogens (primary N) is 1. The van der Waals surface area contributed by atoms with Crippen molar-refractivity contribution in [1.29, 1.82) is 0 Å². The van der Waals surface area contributed by atoms with Crippen LogP contribution < -0.4 is 15.2 Å². The number of hydrogen-bond acceptors (Lipinski definition) is 3. The first-order valence-corrected chi connectivity index (χ1v) is 10.2. The van der Waals surface area contributed by atoms with Gasteiger partial charge in [-0.1, -0.05) is 72.8 Å². The standard InChI is InChI=1S/C27H23NO2/c28-27-25-15-21(29-17-19-7-3-1-4-8-19)11-13-23(25)24-14-12-22(16-26(24)27)30-18-20-9-5-2-6-10-20/h1-16,27H,17-18,28H2. The third-order valence-corrected chi connectivity index (χ3v) is 5.50. The van der Waals surface area contributed by atoms with E-state index >= 15 is 0 Å². The summed E-state index contributed by atoms with van der Waals surface area (Å²) in [7, 11) is 0. The molecule has 0 aromatic heterocycles. The molecule has 4 aromatic rings. The normalized spacial score (nSPS) is 12.3. The quantitative estimate of drug-likeness (QED) is 0.445. The van der Waals surface area contributed by atoms with Crippen molar-refractivity contribution >= 4 is 0 Å². The first-order valence-electron chi connectivity index (χ1n) is 10.2. The van der Waals surface area contributed by atoms with Crippen LogP contribution in [0.4, 0.5) is 0 Å². The van der Waals surface area contributed by atoms with Crippen molar-refractivity contribution in [3.8, 4) is 22.6 Å². The van der Waals surface area contributed by atoms with Crippen molar-refractivity contribution in [1.82, 2.24) is 0 Å². The molecule has 1 aliphatic rings.